The number of nitrogens with zero attached hydrogens (tertiary/aromatic N) is 4. The number of azide groups is 1. The molecule has 3 N–H and O–H groups in total. The van der Waals surface area contributed by atoms with Gasteiger partial charge < -0.3 is 20.5 Å². The molecule has 0 aliphatic carbocycles. The van der Waals surface area contributed by atoms with E-state index in [1.54, 1.807) is 0 Å². The summed E-state index contributed by atoms with van der Waals surface area (Å²) in [7, 11) is 0. The fourth-order valence-corrected chi connectivity index (χ4v) is 2.33. The van der Waals surface area contributed by atoms with E-state index in [0.717, 1.165) is 18.9 Å². The van der Waals surface area contributed by atoms with Crippen molar-refractivity contribution in [3.05, 3.63) is 22.3 Å². The lowest BCUT2D eigenvalue weighted by Gasteiger charge is -2.38. The van der Waals surface area contributed by atoms with Crippen LogP contribution in [0, 0.1) is 0 Å². The van der Waals surface area contributed by atoms with Crippen LogP contribution >= 0.6 is 0 Å². The van der Waals surface area contributed by atoms with Gasteiger partial charge in [0.1, 0.15) is 6.61 Å². The van der Waals surface area contributed by atoms with E-state index in [2.05, 4.69) is 10.0 Å². The zero-order chi connectivity index (χ0) is 16.8. The largest absolute Gasteiger partial charge is 0.485 e. The van der Waals surface area contributed by atoms with Crippen molar-refractivity contribution in [3.63, 3.8) is 0 Å². The van der Waals surface area contributed by atoms with Crippen LogP contribution in [-0.2, 0) is 14.3 Å². The van der Waals surface area contributed by atoms with Crippen LogP contribution in [-0.4, -0.2) is 53.2 Å². The Kier molecular flexibility index (Phi) is 6.21. The minimum atomic E-state index is -1.77. The topological polar surface area (TPSA) is 142 Å². The summed E-state index contributed by atoms with van der Waals surface area (Å²) in [5, 5.41) is 12.6. The molecule has 0 saturated heterocycles. The monoisotopic (exact) mass is 311 g/mol. The lowest BCUT2D eigenvalue weighted by molar-refractivity contribution is -0.139. The van der Waals surface area contributed by atoms with Gasteiger partial charge in [-0.05, 0) is 24.4 Å². The van der Waals surface area contributed by atoms with Gasteiger partial charge in [0.05, 0.1) is 6.04 Å². The number of carbonyl (C=O) groups excluding carboxylic acids is 1. The standard InChI is InChI=1S/C13H21N5O4/c1-3-5-18(6-4-2)12(21)13(16-17-15)7-9(11(19)20)22-8-10(13)14/h7,10H,3-6,8,14H2,1-2H3,(H,19,20)/t10-,13-/m0/s1. The SMILES string of the molecule is CCCN(CCC)C(=O)[C@]1(N=[N+]=[N-])C=C(C(=O)O)OC[C@@H]1N. The van der Waals surface area contributed by atoms with E-state index in [4.69, 9.17) is 21.1 Å². The van der Waals surface area contributed by atoms with Crippen LogP contribution in [0.2, 0.25) is 0 Å². The third-order valence-electron chi connectivity index (χ3n) is 3.37. The summed E-state index contributed by atoms with van der Waals surface area (Å²) in [6.07, 6.45) is 2.46. The Morgan fingerprint density at radius 1 is 1.55 bits per heavy atom. The van der Waals surface area contributed by atoms with Crippen molar-refractivity contribution in [1.82, 2.24) is 4.90 Å². The molecule has 2 atom stereocenters. The summed E-state index contributed by atoms with van der Waals surface area (Å²) in [6, 6.07) is -0.949. The molecule has 22 heavy (non-hydrogen) atoms. The van der Waals surface area contributed by atoms with Gasteiger partial charge in [-0.15, -0.1) is 0 Å². The van der Waals surface area contributed by atoms with Gasteiger partial charge in [0, 0.05) is 18.0 Å². The Labute approximate surface area is 128 Å². The van der Waals surface area contributed by atoms with E-state index >= 15 is 0 Å². The first-order chi connectivity index (χ1) is 10.4. The molecule has 0 aromatic carbocycles. The van der Waals surface area contributed by atoms with Gasteiger partial charge in [0.25, 0.3) is 0 Å². The molecule has 122 valence electrons. The normalized spacial score (nSPS) is 23.8. The molecule has 0 spiro atoms. The second kappa shape index (κ2) is 7.67. The van der Waals surface area contributed by atoms with E-state index in [1.807, 2.05) is 13.8 Å². The maximum Gasteiger partial charge on any atom is 0.370 e. The number of carbonyl (C=O) groups is 2. The highest BCUT2D eigenvalue weighted by Crippen LogP contribution is 2.28. The Morgan fingerprint density at radius 3 is 2.59 bits per heavy atom. The summed E-state index contributed by atoms with van der Waals surface area (Å²) in [5.74, 6) is -2.27. The maximum atomic E-state index is 12.9. The van der Waals surface area contributed by atoms with Gasteiger partial charge in [-0.3, -0.25) is 4.79 Å². The molecule has 1 rings (SSSR count). The van der Waals surface area contributed by atoms with Crippen LogP contribution in [0.3, 0.4) is 0 Å². The lowest BCUT2D eigenvalue weighted by Crippen LogP contribution is -2.60. The Bertz CT molecular complexity index is 509. The van der Waals surface area contributed by atoms with E-state index in [0.29, 0.717) is 13.1 Å². The highest BCUT2D eigenvalue weighted by molar-refractivity contribution is 5.93. The predicted octanol–water partition coefficient (Wildman–Crippen LogP) is 1.01. The highest BCUT2D eigenvalue weighted by atomic mass is 16.5. The first-order valence-electron chi connectivity index (χ1n) is 7.13. The van der Waals surface area contributed by atoms with Crippen LogP contribution in [0.25, 0.3) is 10.4 Å². The molecule has 9 nitrogen and oxygen atoms in total. The third-order valence-corrected chi connectivity index (χ3v) is 3.37. The molecule has 0 fully saturated rings. The number of rotatable bonds is 7. The third kappa shape index (κ3) is 3.49. The number of hydrogen-bond donors (Lipinski definition) is 2. The fourth-order valence-electron chi connectivity index (χ4n) is 2.33. The number of hydrogen-bond acceptors (Lipinski definition) is 5. The van der Waals surface area contributed by atoms with Gasteiger partial charge >= 0.3 is 5.97 Å². The summed E-state index contributed by atoms with van der Waals surface area (Å²) in [5.41, 5.74) is 13.0. The number of carboxylic acid groups (broad SMARTS) is 1. The fraction of sp³-hybridized carbons (Fsp3) is 0.692. The Morgan fingerprint density at radius 2 is 2.14 bits per heavy atom. The van der Waals surface area contributed by atoms with E-state index in [-0.39, 0.29) is 6.61 Å². The van der Waals surface area contributed by atoms with E-state index in [1.165, 1.54) is 4.90 Å². The maximum absolute atomic E-state index is 12.9. The smallest absolute Gasteiger partial charge is 0.370 e. The number of amides is 1. The van der Waals surface area contributed by atoms with E-state index in [9.17, 15) is 9.59 Å². The molecule has 1 aliphatic rings. The van der Waals surface area contributed by atoms with Crippen LogP contribution in [0.1, 0.15) is 26.7 Å². The predicted molar refractivity (Wildman–Crippen MR) is 78.7 cm³/mol. The van der Waals surface area contributed by atoms with Crippen molar-refractivity contribution in [1.29, 1.82) is 0 Å². The number of aliphatic carboxylic acids is 1. The van der Waals surface area contributed by atoms with E-state index < -0.39 is 29.2 Å². The van der Waals surface area contributed by atoms with Gasteiger partial charge in [0.2, 0.25) is 11.7 Å². The first-order valence-corrected chi connectivity index (χ1v) is 7.13. The van der Waals surface area contributed by atoms with Crippen molar-refractivity contribution in [2.24, 2.45) is 10.8 Å². The van der Waals surface area contributed by atoms with Crippen molar-refractivity contribution >= 4 is 11.9 Å². The molecule has 0 saturated carbocycles. The second-order valence-corrected chi connectivity index (χ2v) is 5.04. The molecule has 0 aromatic heterocycles. The van der Waals surface area contributed by atoms with Gasteiger partial charge in [0.15, 0.2) is 5.54 Å². The highest BCUT2D eigenvalue weighted by Gasteiger charge is 2.48. The molecule has 0 bridgehead atoms. The minimum Gasteiger partial charge on any atom is -0.485 e. The van der Waals surface area contributed by atoms with Crippen LogP contribution < -0.4 is 5.73 Å². The molecular formula is C13H21N5O4. The second-order valence-electron chi connectivity index (χ2n) is 5.04. The van der Waals surface area contributed by atoms with Crippen molar-refractivity contribution < 1.29 is 19.4 Å². The Hall–Kier alpha value is -2.25. The number of nitrogens with two attached hydrogens (primary N) is 1. The molecule has 1 heterocycles. The average Bonchev–Trinajstić information content (AvgIpc) is 2.48. The van der Waals surface area contributed by atoms with Crippen molar-refractivity contribution in [2.75, 3.05) is 19.7 Å². The molecular weight excluding hydrogens is 290 g/mol. The summed E-state index contributed by atoms with van der Waals surface area (Å²) >= 11 is 0. The molecule has 0 radical (unpaired) electrons. The quantitative estimate of drug-likeness (QED) is 0.410. The van der Waals surface area contributed by atoms with Crippen LogP contribution in [0.4, 0.5) is 0 Å². The summed E-state index contributed by atoms with van der Waals surface area (Å²) < 4.78 is 4.99. The molecule has 1 aliphatic heterocycles. The van der Waals surface area contributed by atoms with Gasteiger partial charge in [-0.2, -0.15) is 0 Å². The Balaban J connectivity index is 3.33. The van der Waals surface area contributed by atoms with Crippen molar-refractivity contribution in [2.45, 2.75) is 38.3 Å². The average molecular weight is 311 g/mol. The lowest BCUT2D eigenvalue weighted by atomic mass is 9.87. The molecule has 0 aromatic rings. The number of ether oxygens (including phenoxy) is 1. The van der Waals surface area contributed by atoms with Gasteiger partial charge in [-0.1, -0.05) is 19.0 Å². The van der Waals surface area contributed by atoms with Crippen LogP contribution in [0.5, 0.6) is 0 Å². The summed E-state index contributed by atoms with van der Waals surface area (Å²) in [4.78, 5) is 28.2. The molecule has 0 unspecified atom stereocenters. The zero-order valence-corrected chi connectivity index (χ0v) is 12.7. The van der Waals surface area contributed by atoms with Gasteiger partial charge in [-0.25, -0.2) is 4.79 Å². The number of carboxylic acids is 1. The molecule has 9 heteroatoms. The summed E-state index contributed by atoms with van der Waals surface area (Å²) in [6.45, 7) is 4.56. The van der Waals surface area contributed by atoms with Crippen LogP contribution in [0.15, 0.2) is 16.9 Å². The van der Waals surface area contributed by atoms with Crippen molar-refractivity contribution in [3.8, 4) is 0 Å². The zero-order valence-electron chi connectivity index (χ0n) is 12.7. The first kappa shape index (κ1) is 17.8. The molecule has 1 amide bonds. The minimum absolute atomic E-state index is 0.213.